The zero-order valence-corrected chi connectivity index (χ0v) is 32.8. The number of benzene rings is 1. The fraction of sp³-hybridized carbons (Fsp3) is 0.512. The quantitative estimate of drug-likeness (QED) is 0.179. The number of aromatic nitrogens is 4. The van der Waals surface area contributed by atoms with E-state index < -0.39 is 24.3 Å². The van der Waals surface area contributed by atoms with Gasteiger partial charge in [0.05, 0.1) is 50.1 Å². The van der Waals surface area contributed by atoms with E-state index in [4.69, 9.17) is 19.4 Å². The van der Waals surface area contributed by atoms with Gasteiger partial charge < -0.3 is 39.9 Å². The normalized spacial score (nSPS) is 22.1. The van der Waals surface area contributed by atoms with E-state index in [0.29, 0.717) is 13.1 Å². The van der Waals surface area contributed by atoms with Gasteiger partial charge in [-0.2, -0.15) is 0 Å². The van der Waals surface area contributed by atoms with Crippen molar-refractivity contribution in [1.29, 1.82) is 0 Å². The summed E-state index contributed by atoms with van der Waals surface area (Å²) < 4.78 is 9.52. The molecule has 4 amide bonds. The van der Waals surface area contributed by atoms with E-state index in [1.54, 1.807) is 0 Å². The number of rotatable bonds is 11. The average Bonchev–Trinajstić information content (AvgIpc) is 4.02. The molecule has 0 bridgehead atoms. The van der Waals surface area contributed by atoms with Gasteiger partial charge in [0, 0.05) is 18.5 Å². The molecule has 0 spiro atoms. The summed E-state index contributed by atoms with van der Waals surface area (Å²) >= 11 is 0. The highest BCUT2D eigenvalue weighted by Gasteiger charge is 2.39. The number of ether oxygens (including phenoxy) is 2. The van der Waals surface area contributed by atoms with Crippen LogP contribution in [0.5, 0.6) is 0 Å². The predicted molar refractivity (Wildman–Crippen MR) is 207 cm³/mol. The molecule has 2 fully saturated rings. The minimum absolute atomic E-state index is 0.101. The fourth-order valence-corrected chi connectivity index (χ4v) is 7.87. The standard InChI is InChI=1S/C41H54N8O6/c1-24(2)33(46-39(52)54-6)37(50)48-20-8-10-31(48)35-42-22-29(44-35)26-12-14-28(15-13-26)41(5)18-16-27(17-19-41)30-23-43-36(45-30)32-11-9-21-49(32)38(51)34(25(3)4)47-40(53)55-7/h12-18,22-25,31-34H,8-11,19-21H2,1-7H3,(H,42,44)(H,43,45)(H,46,52)(H,47,53)/t31?,32-,33-,34?,41?/m0/s1. The monoisotopic (exact) mass is 754 g/mol. The average molecular weight is 755 g/mol. The van der Waals surface area contributed by atoms with Crippen LogP contribution in [0.4, 0.5) is 9.59 Å². The van der Waals surface area contributed by atoms with E-state index in [-0.39, 0.29) is 41.1 Å². The number of carbonyl (C=O) groups excluding carboxylic acids is 4. The summed E-state index contributed by atoms with van der Waals surface area (Å²) in [5, 5.41) is 5.40. The number of nitrogens with one attached hydrogen (secondary N) is 4. The van der Waals surface area contributed by atoms with Crippen molar-refractivity contribution in [2.24, 2.45) is 11.8 Å². The Morgan fingerprint density at radius 3 is 1.73 bits per heavy atom. The highest BCUT2D eigenvalue weighted by atomic mass is 16.5. The third-order valence-corrected chi connectivity index (χ3v) is 11.2. The van der Waals surface area contributed by atoms with Gasteiger partial charge in [0.15, 0.2) is 0 Å². The first-order valence-electron chi connectivity index (χ1n) is 19.2. The van der Waals surface area contributed by atoms with Crippen molar-refractivity contribution in [3.63, 3.8) is 0 Å². The smallest absolute Gasteiger partial charge is 0.407 e. The number of alkyl carbamates (subject to hydrolysis) is 2. The third kappa shape index (κ3) is 8.32. The lowest BCUT2D eigenvalue weighted by atomic mass is 9.75. The first-order valence-corrected chi connectivity index (χ1v) is 19.2. The molecule has 3 aromatic rings. The molecule has 14 nitrogen and oxygen atoms in total. The highest BCUT2D eigenvalue weighted by molar-refractivity contribution is 5.87. The summed E-state index contributed by atoms with van der Waals surface area (Å²) in [5.74, 6) is 0.998. The van der Waals surface area contributed by atoms with Gasteiger partial charge in [-0.05, 0) is 60.6 Å². The molecular formula is C41H54N8O6. The van der Waals surface area contributed by atoms with Crippen LogP contribution in [0, 0.1) is 11.8 Å². The highest BCUT2D eigenvalue weighted by Crippen LogP contribution is 2.38. The van der Waals surface area contributed by atoms with Gasteiger partial charge in [0.2, 0.25) is 11.8 Å². The molecule has 2 saturated heterocycles. The van der Waals surface area contributed by atoms with Crippen molar-refractivity contribution in [2.75, 3.05) is 27.3 Å². The maximum Gasteiger partial charge on any atom is 0.407 e. The van der Waals surface area contributed by atoms with Crippen molar-refractivity contribution >= 4 is 29.6 Å². The zero-order chi connectivity index (χ0) is 39.4. The van der Waals surface area contributed by atoms with E-state index in [1.807, 2.05) is 49.9 Å². The first kappa shape index (κ1) is 39.3. The topological polar surface area (TPSA) is 175 Å². The molecule has 3 unspecified atom stereocenters. The number of allylic oxidation sites excluding steroid dienone is 4. The van der Waals surface area contributed by atoms with Gasteiger partial charge in [-0.1, -0.05) is 77.1 Å². The Kier molecular flexibility index (Phi) is 11.8. The van der Waals surface area contributed by atoms with Crippen LogP contribution in [0.3, 0.4) is 0 Å². The number of likely N-dealkylation sites (tertiary alicyclic amines) is 2. The van der Waals surface area contributed by atoms with E-state index >= 15 is 0 Å². The number of methoxy groups -OCH3 is 2. The number of hydrogen-bond donors (Lipinski definition) is 4. The van der Waals surface area contributed by atoms with Gasteiger partial charge in [0.1, 0.15) is 23.7 Å². The molecule has 294 valence electrons. The SMILES string of the molecule is COC(=O)NC(C(=O)N1CCC[C@H]1c1ncc(C2=CCC(C)(c3ccc(-c4cnc(C5CCCN5C(=O)[C@@H](NC(=O)OC)C(C)C)[nH]4)cc3)C=C2)[nH]1)C(C)C. The number of nitrogens with zero attached hydrogens (tertiary/aromatic N) is 4. The molecule has 3 aliphatic rings. The van der Waals surface area contributed by atoms with E-state index in [9.17, 15) is 19.2 Å². The van der Waals surface area contributed by atoms with Crippen molar-refractivity contribution in [1.82, 2.24) is 40.4 Å². The number of imidazole rings is 2. The largest absolute Gasteiger partial charge is 0.453 e. The van der Waals surface area contributed by atoms with Crippen LogP contribution in [0.25, 0.3) is 16.8 Å². The summed E-state index contributed by atoms with van der Waals surface area (Å²) in [7, 11) is 2.58. The van der Waals surface area contributed by atoms with Gasteiger partial charge in [-0.3, -0.25) is 9.59 Å². The molecule has 5 atom stereocenters. The second-order valence-corrected chi connectivity index (χ2v) is 15.7. The molecule has 14 heteroatoms. The summed E-state index contributed by atoms with van der Waals surface area (Å²) in [6.07, 6.45) is 13.1. The first-order chi connectivity index (χ1) is 26.3. The lowest BCUT2D eigenvalue weighted by Gasteiger charge is -2.30. The second-order valence-electron chi connectivity index (χ2n) is 15.7. The maximum atomic E-state index is 13.6. The van der Waals surface area contributed by atoms with Crippen molar-refractivity contribution in [2.45, 2.75) is 96.3 Å². The molecule has 55 heavy (non-hydrogen) atoms. The van der Waals surface area contributed by atoms with Gasteiger partial charge in [-0.25, -0.2) is 19.6 Å². The predicted octanol–water partition coefficient (Wildman–Crippen LogP) is 6.19. The molecule has 0 radical (unpaired) electrons. The fourth-order valence-electron chi connectivity index (χ4n) is 7.87. The van der Waals surface area contributed by atoms with E-state index in [0.717, 1.165) is 66.3 Å². The Balaban J connectivity index is 1.10. The Hall–Kier alpha value is -5.40. The second kappa shape index (κ2) is 16.5. The van der Waals surface area contributed by atoms with E-state index in [1.165, 1.54) is 19.8 Å². The Morgan fingerprint density at radius 1 is 0.782 bits per heavy atom. The van der Waals surface area contributed by atoms with Crippen LogP contribution in [-0.4, -0.2) is 93.1 Å². The van der Waals surface area contributed by atoms with Crippen LogP contribution in [0.15, 0.2) is 54.9 Å². The summed E-state index contributed by atoms with van der Waals surface area (Å²) in [4.78, 5) is 71.0. The van der Waals surface area contributed by atoms with E-state index in [2.05, 4.69) is 70.0 Å². The molecule has 0 saturated carbocycles. The molecule has 4 N–H and O–H groups in total. The van der Waals surface area contributed by atoms with Gasteiger partial charge in [-0.15, -0.1) is 0 Å². The van der Waals surface area contributed by atoms with Crippen LogP contribution in [0.1, 0.15) is 102 Å². The van der Waals surface area contributed by atoms with Gasteiger partial charge >= 0.3 is 12.2 Å². The number of hydrogen-bond acceptors (Lipinski definition) is 8. The third-order valence-electron chi connectivity index (χ3n) is 11.2. The molecule has 4 heterocycles. The van der Waals surface area contributed by atoms with Crippen LogP contribution in [-0.2, 0) is 24.5 Å². The molecule has 1 aromatic carbocycles. The van der Waals surface area contributed by atoms with Crippen LogP contribution in [0.2, 0.25) is 0 Å². The number of H-pyrrole nitrogens is 2. The lowest BCUT2D eigenvalue weighted by Crippen LogP contribution is -2.51. The Bertz CT molecular complexity index is 1930. The van der Waals surface area contributed by atoms with Crippen molar-refractivity contribution < 1.29 is 28.7 Å². The molecule has 2 aliphatic heterocycles. The minimum atomic E-state index is -0.685. The zero-order valence-electron chi connectivity index (χ0n) is 32.8. The minimum Gasteiger partial charge on any atom is -0.453 e. The lowest BCUT2D eigenvalue weighted by molar-refractivity contribution is -0.136. The maximum absolute atomic E-state index is 13.6. The van der Waals surface area contributed by atoms with Crippen molar-refractivity contribution in [3.05, 3.63) is 77.8 Å². The number of amides is 4. The molecule has 6 rings (SSSR count). The Labute approximate surface area is 322 Å². The van der Waals surface area contributed by atoms with Gasteiger partial charge in [0.25, 0.3) is 0 Å². The van der Waals surface area contributed by atoms with Crippen molar-refractivity contribution in [3.8, 4) is 11.3 Å². The number of carbonyl (C=O) groups is 4. The van der Waals surface area contributed by atoms with Crippen LogP contribution < -0.4 is 10.6 Å². The molecule has 2 aromatic heterocycles. The molecule has 1 aliphatic carbocycles. The number of aromatic amines is 2. The summed E-state index contributed by atoms with van der Waals surface area (Å²) in [5.41, 5.74) is 4.77. The van der Waals surface area contributed by atoms with Crippen LogP contribution >= 0.6 is 0 Å². The summed E-state index contributed by atoms with van der Waals surface area (Å²) in [6, 6.07) is 6.72. The Morgan fingerprint density at radius 2 is 1.27 bits per heavy atom. The molecular weight excluding hydrogens is 701 g/mol. The summed E-state index contributed by atoms with van der Waals surface area (Å²) in [6.45, 7) is 11.0.